The summed E-state index contributed by atoms with van der Waals surface area (Å²) in [6.45, 7) is 3.89. The lowest BCUT2D eigenvalue weighted by Crippen LogP contribution is -2.64. The number of guanidine groups is 1. The van der Waals surface area contributed by atoms with Gasteiger partial charge in [0.2, 0.25) is 0 Å². The number of halogens is 2. The molecule has 4 rings (SSSR count). The van der Waals surface area contributed by atoms with E-state index in [1.54, 1.807) is 19.2 Å². The van der Waals surface area contributed by atoms with Gasteiger partial charge in [0, 0.05) is 39.8 Å². The number of piperazine rings is 1. The third-order valence-corrected chi connectivity index (χ3v) is 6.20. The molecule has 0 saturated carbocycles. The van der Waals surface area contributed by atoms with E-state index in [2.05, 4.69) is 22.2 Å². The molecule has 0 radical (unpaired) electrons. The molecule has 3 aliphatic rings. The molecule has 0 aliphatic carbocycles. The quantitative estimate of drug-likeness (QED) is 0.774. The zero-order chi connectivity index (χ0) is 20.0. The van der Waals surface area contributed by atoms with Crippen LogP contribution < -0.4 is 5.32 Å². The number of hydrogen-bond acceptors (Lipinski definition) is 6. The lowest BCUT2D eigenvalue weighted by molar-refractivity contribution is -0.127. The van der Waals surface area contributed by atoms with Crippen LogP contribution in [-0.2, 0) is 11.3 Å². The second kappa shape index (κ2) is 7.42. The Hall–Kier alpha value is -2.03. The Bertz CT molecular complexity index is 839. The van der Waals surface area contributed by atoms with Crippen LogP contribution in [0.4, 0.5) is 4.79 Å². The van der Waals surface area contributed by atoms with E-state index in [4.69, 9.17) is 28.2 Å². The second-order valence-electron chi connectivity index (χ2n) is 7.36. The number of amides is 3. The number of nitrogens with zero attached hydrogens (tertiary/aromatic N) is 5. The van der Waals surface area contributed by atoms with E-state index in [-0.39, 0.29) is 5.91 Å². The lowest BCUT2D eigenvalue weighted by Gasteiger charge is -2.39. The summed E-state index contributed by atoms with van der Waals surface area (Å²) >= 11 is 12.2. The molecule has 2 unspecified atom stereocenters. The predicted octanol–water partition coefficient (Wildman–Crippen LogP) is 1.29. The Balaban J connectivity index is 1.67. The van der Waals surface area contributed by atoms with E-state index < -0.39 is 18.2 Å². The van der Waals surface area contributed by atoms with Crippen molar-refractivity contribution in [3.05, 3.63) is 33.8 Å². The Labute approximate surface area is 173 Å². The molecule has 1 N–H and O–H groups in total. The molecule has 1 aromatic rings. The monoisotopic (exact) mass is 424 g/mol. The van der Waals surface area contributed by atoms with E-state index in [0.717, 1.165) is 37.7 Å². The highest BCUT2D eigenvalue weighted by molar-refractivity contribution is 6.42. The van der Waals surface area contributed by atoms with Crippen LogP contribution in [0.3, 0.4) is 0 Å². The predicted molar refractivity (Wildman–Crippen MR) is 107 cm³/mol. The standard InChI is InChI=1S/C18H22Cl2N6O2/c1-23-5-7-25(8-6-23)17-21-15-14(16(27)22-18(28)24(15)2)26(17)10-11-3-4-12(19)13(20)9-11/h3-4,9,14-15H,5-8,10H2,1-2H3,(H,22,27,28). The first kappa shape index (κ1) is 19.3. The van der Waals surface area contributed by atoms with Crippen LogP contribution in [0.1, 0.15) is 5.56 Å². The van der Waals surface area contributed by atoms with Crippen molar-refractivity contribution in [3.8, 4) is 0 Å². The molecule has 3 heterocycles. The molecule has 2 fully saturated rings. The summed E-state index contributed by atoms with van der Waals surface area (Å²) in [6.07, 6.45) is -0.543. The van der Waals surface area contributed by atoms with Gasteiger partial charge in [0.1, 0.15) is 0 Å². The maximum absolute atomic E-state index is 12.7. The maximum atomic E-state index is 12.7. The molecule has 8 nitrogen and oxygen atoms in total. The van der Waals surface area contributed by atoms with Gasteiger partial charge in [-0.15, -0.1) is 0 Å². The third kappa shape index (κ3) is 3.40. The molecule has 3 aliphatic heterocycles. The average Bonchev–Trinajstić information content (AvgIpc) is 3.03. The summed E-state index contributed by atoms with van der Waals surface area (Å²) in [5.41, 5.74) is 0.921. The highest BCUT2D eigenvalue weighted by atomic mass is 35.5. The van der Waals surface area contributed by atoms with Crippen LogP contribution in [0.25, 0.3) is 0 Å². The van der Waals surface area contributed by atoms with Crippen molar-refractivity contribution < 1.29 is 9.59 Å². The summed E-state index contributed by atoms with van der Waals surface area (Å²) in [4.78, 5) is 37.4. The number of benzene rings is 1. The largest absolute Gasteiger partial charge is 0.340 e. The molecule has 2 atom stereocenters. The number of carbonyl (C=O) groups excluding carboxylic acids is 2. The number of aliphatic imine (C=N–C) groups is 1. The number of imide groups is 1. The molecule has 3 amide bonds. The first-order valence-electron chi connectivity index (χ1n) is 9.14. The molecule has 1 aromatic carbocycles. The summed E-state index contributed by atoms with van der Waals surface area (Å²) in [7, 11) is 3.74. The van der Waals surface area contributed by atoms with E-state index in [9.17, 15) is 9.59 Å². The molecule has 0 aromatic heterocycles. The fourth-order valence-electron chi connectivity index (χ4n) is 3.78. The van der Waals surface area contributed by atoms with Crippen LogP contribution in [-0.4, -0.2) is 90.0 Å². The van der Waals surface area contributed by atoms with Gasteiger partial charge in [-0.1, -0.05) is 29.3 Å². The van der Waals surface area contributed by atoms with Crippen molar-refractivity contribution in [1.29, 1.82) is 0 Å². The third-order valence-electron chi connectivity index (χ3n) is 5.46. The smallest absolute Gasteiger partial charge is 0.325 e. The van der Waals surface area contributed by atoms with Crippen molar-refractivity contribution in [2.24, 2.45) is 4.99 Å². The first-order chi connectivity index (χ1) is 13.3. The maximum Gasteiger partial charge on any atom is 0.325 e. The molecule has 2 saturated heterocycles. The highest BCUT2D eigenvalue weighted by Gasteiger charge is 2.49. The minimum Gasteiger partial charge on any atom is -0.340 e. The Morgan fingerprint density at radius 1 is 1.11 bits per heavy atom. The van der Waals surface area contributed by atoms with Crippen molar-refractivity contribution in [1.82, 2.24) is 24.9 Å². The Kier molecular flexibility index (Phi) is 5.11. The number of rotatable bonds is 2. The van der Waals surface area contributed by atoms with Gasteiger partial charge in [0.05, 0.1) is 10.0 Å². The average molecular weight is 425 g/mol. The van der Waals surface area contributed by atoms with Crippen LogP contribution in [0.2, 0.25) is 10.0 Å². The van der Waals surface area contributed by atoms with Gasteiger partial charge in [-0.3, -0.25) is 10.1 Å². The van der Waals surface area contributed by atoms with Gasteiger partial charge >= 0.3 is 6.03 Å². The lowest BCUT2D eigenvalue weighted by atomic mass is 10.1. The highest BCUT2D eigenvalue weighted by Crippen LogP contribution is 2.29. The van der Waals surface area contributed by atoms with Crippen molar-refractivity contribution in [3.63, 3.8) is 0 Å². The Morgan fingerprint density at radius 2 is 1.82 bits per heavy atom. The summed E-state index contributed by atoms with van der Waals surface area (Å²) in [6, 6.07) is 4.43. The number of carbonyl (C=O) groups is 2. The van der Waals surface area contributed by atoms with Crippen molar-refractivity contribution >= 4 is 41.1 Å². The van der Waals surface area contributed by atoms with E-state index in [1.807, 2.05) is 11.0 Å². The minimum absolute atomic E-state index is 0.332. The fourth-order valence-corrected chi connectivity index (χ4v) is 4.11. The zero-order valence-corrected chi connectivity index (χ0v) is 17.2. The first-order valence-corrected chi connectivity index (χ1v) is 9.90. The van der Waals surface area contributed by atoms with Gasteiger partial charge in [-0.25, -0.2) is 9.79 Å². The second-order valence-corrected chi connectivity index (χ2v) is 8.17. The fraction of sp³-hybridized carbons (Fsp3) is 0.500. The number of nitrogens with one attached hydrogen (secondary N) is 1. The number of likely N-dealkylation sites (N-methyl/N-ethyl adjacent to an activating group) is 2. The SMILES string of the molecule is CN1CCN(C2=NC3C(C(=O)NC(=O)N3C)N2Cc2ccc(Cl)c(Cl)c2)CC1. The van der Waals surface area contributed by atoms with E-state index in [0.29, 0.717) is 16.6 Å². The zero-order valence-electron chi connectivity index (χ0n) is 15.7. The number of hydrogen-bond donors (Lipinski definition) is 1. The van der Waals surface area contributed by atoms with Crippen LogP contribution in [0.5, 0.6) is 0 Å². The molecule has 0 bridgehead atoms. The van der Waals surface area contributed by atoms with Crippen molar-refractivity contribution in [2.45, 2.75) is 18.8 Å². The molecular weight excluding hydrogens is 403 g/mol. The topological polar surface area (TPSA) is 71.5 Å². The van der Waals surface area contributed by atoms with Gasteiger partial charge in [0.25, 0.3) is 5.91 Å². The van der Waals surface area contributed by atoms with Gasteiger partial charge in [-0.05, 0) is 24.7 Å². The Morgan fingerprint density at radius 3 is 2.50 bits per heavy atom. The molecular formula is C18H22Cl2N6O2. The molecule has 0 spiro atoms. The molecule has 150 valence electrons. The number of fused-ring (bicyclic) bond motifs is 1. The van der Waals surface area contributed by atoms with Gasteiger partial charge in [0.15, 0.2) is 18.2 Å². The van der Waals surface area contributed by atoms with Gasteiger partial charge in [-0.2, -0.15) is 0 Å². The van der Waals surface area contributed by atoms with E-state index >= 15 is 0 Å². The van der Waals surface area contributed by atoms with Crippen LogP contribution in [0, 0.1) is 0 Å². The minimum atomic E-state index is -0.577. The number of urea groups is 1. The van der Waals surface area contributed by atoms with Crippen LogP contribution >= 0.6 is 23.2 Å². The summed E-state index contributed by atoms with van der Waals surface area (Å²) in [5.74, 6) is 0.409. The molecule has 28 heavy (non-hydrogen) atoms. The van der Waals surface area contributed by atoms with Crippen LogP contribution in [0.15, 0.2) is 23.2 Å². The van der Waals surface area contributed by atoms with Crippen molar-refractivity contribution in [2.75, 3.05) is 40.3 Å². The summed E-state index contributed by atoms with van der Waals surface area (Å²) in [5, 5.41) is 3.38. The normalized spacial score (nSPS) is 25.7. The van der Waals surface area contributed by atoms with Gasteiger partial charge < -0.3 is 19.6 Å². The molecule has 10 heteroatoms. The summed E-state index contributed by atoms with van der Waals surface area (Å²) < 4.78 is 0. The van der Waals surface area contributed by atoms with E-state index in [1.165, 1.54) is 4.90 Å².